The van der Waals surface area contributed by atoms with E-state index in [0.29, 0.717) is 4.77 Å². The number of aromatic nitrogens is 2. The van der Waals surface area contributed by atoms with Gasteiger partial charge in [0.25, 0.3) is 0 Å². The van der Waals surface area contributed by atoms with Gasteiger partial charge in [-0.3, -0.25) is 0 Å². The van der Waals surface area contributed by atoms with E-state index in [4.69, 9.17) is 23.8 Å². The van der Waals surface area contributed by atoms with E-state index in [1.165, 1.54) is 11.3 Å². The second kappa shape index (κ2) is 3.57. The molecule has 0 atom stereocenters. The Hall–Kier alpha value is -0.710. The lowest BCUT2D eigenvalue weighted by atomic mass is 10.3. The molecule has 2 heterocycles. The maximum atomic E-state index is 5.81. The predicted octanol–water partition coefficient (Wildman–Crippen LogP) is 3.52. The molecule has 0 aliphatic rings. The minimum Gasteiger partial charge on any atom is -0.330 e. The molecule has 0 aliphatic heterocycles. The molecule has 0 saturated carbocycles. The Morgan fingerprint density at radius 1 is 1.38 bits per heavy atom. The van der Waals surface area contributed by atoms with Gasteiger partial charge in [0.1, 0.15) is 0 Å². The van der Waals surface area contributed by atoms with Crippen LogP contribution >= 0.6 is 35.2 Å². The maximum Gasteiger partial charge on any atom is 0.197 e. The molecular weight excluding hydrogens is 224 g/mol. The third-order valence-electron chi connectivity index (χ3n) is 1.51. The van der Waals surface area contributed by atoms with Gasteiger partial charge in [0.05, 0.1) is 14.9 Å². The normalized spacial score (nSPS) is 10.2. The first kappa shape index (κ1) is 8.87. The summed E-state index contributed by atoms with van der Waals surface area (Å²) in [5, 5.41) is 0. The Kier molecular flexibility index (Phi) is 2.44. The fourth-order valence-corrected chi connectivity index (χ4v) is 2.17. The van der Waals surface area contributed by atoms with Crippen LogP contribution in [0.15, 0.2) is 24.4 Å². The molecule has 1 N–H and O–H groups in total. The van der Waals surface area contributed by atoms with Crippen molar-refractivity contribution in [3.8, 4) is 10.6 Å². The highest BCUT2D eigenvalue weighted by molar-refractivity contribution is 7.71. The van der Waals surface area contributed by atoms with Crippen molar-refractivity contribution in [1.82, 2.24) is 9.97 Å². The standard InChI is InChI=1S/C8H5ClN2S2/c9-7-2-1-6(13-7)5-3-4-10-8(12)11-5/h1-4H,(H,10,11,12). The van der Waals surface area contributed by atoms with Gasteiger partial charge in [0.15, 0.2) is 4.77 Å². The van der Waals surface area contributed by atoms with Crippen LogP contribution in [0.4, 0.5) is 0 Å². The summed E-state index contributed by atoms with van der Waals surface area (Å²) in [6, 6.07) is 5.68. The van der Waals surface area contributed by atoms with Crippen LogP contribution in [0, 0.1) is 4.77 Å². The third-order valence-corrected chi connectivity index (χ3v) is 2.99. The lowest BCUT2D eigenvalue weighted by Crippen LogP contribution is -1.82. The monoisotopic (exact) mass is 228 g/mol. The van der Waals surface area contributed by atoms with Crippen LogP contribution in [0.1, 0.15) is 0 Å². The van der Waals surface area contributed by atoms with Crippen molar-refractivity contribution in [2.24, 2.45) is 0 Å². The average Bonchev–Trinajstić information content (AvgIpc) is 2.52. The number of halogens is 1. The zero-order valence-corrected chi connectivity index (χ0v) is 8.84. The van der Waals surface area contributed by atoms with Crippen LogP contribution < -0.4 is 0 Å². The molecule has 13 heavy (non-hydrogen) atoms. The van der Waals surface area contributed by atoms with Gasteiger partial charge in [0, 0.05) is 6.20 Å². The number of hydrogen-bond donors (Lipinski definition) is 1. The molecule has 0 aliphatic carbocycles. The molecule has 0 amide bonds. The second-order valence-corrected chi connectivity index (χ2v) is 4.49. The van der Waals surface area contributed by atoms with Crippen LogP contribution in [-0.4, -0.2) is 9.97 Å². The summed E-state index contributed by atoms with van der Waals surface area (Å²) in [4.78, 5) is 7.96. The van der Waals surface area contributed by atoms with Gasteiger partial charge in [-0.15, -0.1) is 11.3 Å². The summed E-state index contributed by atoms with van der Waals surface area (Å²) in [5.74, 6) is 0. The molecule has 66 valence electrons. The Balaban J connectivity index is 2.52. The Labute approximate surface area is 89.2 Å². The summed E-state index contributed by atoms with van der Waals surface area (Å²) in [6.45, 7) is 0. The summed E-state index contributed by atoms with van der Waals surface area (Å²) < 4.78 is 1.26. The molecule has 2 aromatic rings. The zero-order valence-electron chi connectivity index (χ0n) is 6.45. The van der Waals surface area contributed by atoms with Crippen molar-refractivity contribution in [1.29, 1.82) is 0 Å². The number of rotatable bonds is 1. The topological polar surface area (TPSA) is 28.7 Å². The second-order valence-electron chi connectivity index (χ2n) is 2.39. The maximum absolute atomic E-state index is 5.81. The predicted molar refractivity (Wildman–Crippen MR) is 57.7 cm³/mol. The summed E-state index contributed by atoms with van der Waals surface area (Å²) in [6.07, 6.45) is 1.68. The first-order chi connectivity index (χ1) is 6.25. The molecule has 0 saturated heterocycles. The quantitative estimate of drug-likeness (QED) is 0.757. The number of nitrogens with one attached hydrogen (secondary N) is 1. The fourth-order valence-electron chi connectivity index (χ4n) is 0.971. The van der Waals surface area contributed by atoms with Crippen molar-refractivity contribution in [2.75, 3.05) is 0 Å². The lowest BCUT2D eigenvalue weighted by molar-refractivity contribution is 1.14. The summed E-state index contributed by atoms with van der Waals surface area (Å²) in [7, 11) is 0. The molecule has 0 fully saturated rings. The molecule has 2 rings (SSSR count). The van der Waals surface area contributed by atoms with Crippen molar-refractivity contribution >= 4 is 35.2 Å². The highest BCUT2D eigenvalue weighted by Crippen LogP contribution is 2.29. The van der Waals surface area contributed by atoms with Gasteiger partial charge in [-0.2, -0.15) is 0 Å². The molecular formula is C8H5ClN2S2. The Bertz CT molecular complexity index is 475. The van der Waals surface area contributed by atoms with Gasteiger partial charge in [-0.05, 0) is 30.4 Å². The van der Waals surface area contributed by atoms with Crippen LogP contribution in [0.5, 0.6) is 0 Å². The molecule has 0 spiro atoms. The van der Waals surface area contributed by atoms with Crippen molar-refractivity contribution in [3.05, 3.63) is 33.5 Å². The van der Waals surface area contributed by atoms with Gasteiger partial charge in [-0.25, -0.2) is 4.98 Å². The molecule has 0 radical (unpaired) electrons. The first-order valence-electron chi connectivity index (χ1n) is 3.57. The number of thiophene rings is 1. The van der Waals surface area contributed by atoms with E-state index < -0.39 is 0 Å². The summed E-state index contributed by atoms with van der Waals surface area (Å²) >= 11 is 12.2. The lowest BCUT2D eigenvalue weighted by Gasteiger charge is -1.94. The highest BCUT2D eigenvalue weighted by atomic mass is 35.5. The van der Waals surface area contributed by atoms with E-state index in [2.05, 4.69) is 9.97 Å². The van der Waals surface area contributed by atoms with Gasteiger partial charge >= 0.3 is 0 Å². The SMILES string of the molecule is S=c1nccc(-c2ccc(Cl)s2)[nH]1. The zero-order chi connectivity index (χ0) is 9.26. The smallest absolute Gasteiger partial charge is 0.197 e. The van der Waals surface area contributed by atoms with E-state index in [9.17, 15) is 0 Å². The third kappa shape index (κ3) is 1.96. The summed E-state index contributed by atoms with van der Waals surface area (Å²) in [5.41, 5.74) is 0.955. The van der Waals surface area contributed by atoms with E-state index in [0.717, 1.165) is 14.9 Å². The molecule has 0 unspecified atom stereocenters. The van der Waals surface area contributed by atoms with Crippen LogP contribution in [0.25, 0.3) is 10.6 Å². The van der Waals surface area contributed by atoms with Crippen molar-refractivity contribution < 1.29 is 0 Å². The van der Waals surface area contributed by atoms with Gasteiger partial charge < -0.3 is 4.98 Å². The fraction of sp³-hybridized carbons (Fsp3) is 0. The van der Waals surface area contributed by atoms with E-state index >= 15 is 0 Å². The van der Waals surface area contributed by atoms with E-state index in [1.807, 2.05) is 18.2 Å². The first-order valence-corrected chi connectivity index (χ1v) is 5.17. The Morgan fingerprint density at radius 3 is 2.85 bits per heavy atom. The minimum absolute atomic E-state index is 0.488. The average molecular weight is 229 g/mol. The van der Waals surface area contributed by atoms with Crippen molar-refractivity contribution in [2.45, 2.75) is 0 Å². The number of H-pyrrole nitrogens is 1. The highest BCUT2D eigenvalue weighted by Gasteiger charge is 2.00. The largest absolute Gasteiger partial charge is 0.330 e. The molecule has 2 nitrogen and oxygen atoms in total. The molecule has 5 heteroatoms. The van der Waals surface area contributed by atoms with Crippen LogP contribution in [-0.2, 0) is 0 Å². The molecule has 2 aromatic heterocycles. The van der Waals surface area contributed by atoms with E-state index in [1.54, 1.807) is 6.20 Å². The number of nitrogens with zero attached hydrogens (tertiary/aromatic N) is 1. The van der Waals surface area contributed by atoms with Crippen molar-refractivity contribution in [3.63, 3.8) is 0 Å². The van der Waals surface area contributed by atoms with Gasteiger partial charge in [-0.1, -0.05) is 11.6 Å². The molecule has 0 aromatic carbocycles. The number of aromatic amines is 1. The van der Waals surface area contributed by atoms with Crippen LogP contribution in [0.2, 0.25) is 4.34 Å². The minimum atomic E-state index is 0.488. The number of hydrogen-bond acceptors (Lipinski definition) is 3. The van der Waals surface area contributed by atoms with E-state index in [-0.39, 0.29) is 0 Å². The van der Waals surface area contributed by atoms with Crippen LogP contribution in [0.3, 0.4) is 0 Å². The molecule has 0 bridgehead atoms. The Morgan fingerprint density at radius 2 is 2.23 bits per heavy atom. The van der Waals surface area contributed by atoms with Gasteiger partial charge in [0.2, 0.25) is 0 Å².